The molecule has 0 radical (unpaired) electrons. The Labute approximate surface area is 114 Å². The second-order valence-electron chi connectivity index (χ2n) is 4.90. The van der Waals surface area contributed by atoms with Crippen molar-refractivity contribution in [3.63, 3.8) is 0 Å². The molecule has 6 heteroatoms. The Morgan fingerprint density at radius 1 is 1.42 bits per heavy atom. The minimum atomic E-state index is -0.352. The third-order valence-electron chi connectivity index (χ3n) is 3.20. The molecule has 0 fully saturated rings. The van der Waals surface area contributed by atoms with Crippen molar-refractivity contribution in [3.8, 4) is 0 Å². The maximum Gasteiger partial charge on any atom is 0.333 e. The summed E-state index contributed by atoms with van der Waals surface area (Å²) in [4.78, 5) is 10.8. The number of nitrogens with one attached hydrogen (secondary N) is 1. The summed E-state index contributed by atoms with van der Waals surface area (Å²) in [5.74, 6) is 0.536. The molecular formula is C13H24N4O2. The molecule has 0 aliphatic carbocycles. The molecule has 1 atom stereocenters. The molecule has 19 heavy (non-hydrogen) atoms. The second kappa shape index (κ2) is 7.11. The molecule has 0 saturated heterocycles. The summed E-state index contributed by atoms with van der Waals surface area (Å²) in [6, 6.07) is 0.214. The van der Waals surface area contributed by atoms with Gasteiger partial charge in [0.05, 0.1) is 4.92 Å². The SMILES string of the molecule is CCCCCC(C)Nc1c([N+](=O)[O-])c(C)nn1CC. The van der Waals surface area contributed by atoms with Gasteiger partial charge in [-0.3, -0.25) is 10.1 Å². The molecule has 0 aliphatic heterocycles. The monoisotopic (exact) mass is 268 g/mol. The Hall–Kier alpha value is -1.59. The highest BCUT2D eigenvalue weighted by Crippen LogP contribution is 2.29. The van der Waals surface area contributed by atoms with Crippen molar-refractivity contribution < 1.29 is 4.92 Å². The van der Waals surface area contributed by atoms with E-state index in [1.54, 1.807) is 11.6 Å². The van der Waals surface area contributed by atoms with Gasteiger partial charge in [-0.1, -0.05) is 26.2 Å². The minimum absolute atomic E-state index is 0.101. The van der Waals surface area contributed by atoms with E-state index in [0.717, 1.165) is 12.8 Å². The lowest BCUT2D eigenvalue weighted by Crippen LogP contribution is -2.18. The number of anilines is 1. The Morgan fingerprint density at radius 2 is 2.11 bits per heavy atom. The van der Waals surface area contributed by atoms with Crippen LogP contribution < -0.4 is 5.32 Å². The highest BCUT2D eigenvalue weighted by molar-refractivity contribution is 5.59. The highest BCUT2D eigenvalue weighted by atomic mass is 16.6. The van der Waals surface area contributed by atoms with Gasteiger partial charge in [0, 0.05) is 12.6 Å². The zero-order chi connectivity index (χ0) is 14.4. The quantitative estimate of drug-likeness (QED) is 0.445. The van der Waals surface area contributed by atoms with Crippen LogP contribution in [-0.2, 0) is 6.54 Å². The molecule has 1 aromatic heterocycles. The number of aryl methyl sites for hydroxylation is 2. The first-order chi connectivity index (χ1) is 9.01. The van der Waals surface area contributed by atoms with Crippen molar-refractivity contribution in [2.75, 3.05) is 5.32 Å². The lowest BCUT2D eigenvalue weighted by Gasteiger charge is -2.15. The van der Waals surface area contributed by atoms with Gasteiger partial charge in [-0.25, -0.2) is 4.68 Å². The highest BCUT2D eigenvalue weighted by Gasteiger charge is 2.25. The van der Waals surface area contributed by atoms with E-state index in [-0.39, 0.29) is 16.7 Å². The fourth-order valence-corrected chi connectivity index (χ4v) is 2.17. The van der Waals surface area contributed by atoms with Crippen molar-refractivity contribution in [1.29, 1.82) is 0 Å². The fraction of sp³-hybridized carbons (Fsp3) is 0.769. The third kappa shape index (κ3) is 3.94. The van der Waals surface area contributed by atoms with E-state index in [0.29, 0.717) is 18.1 Å². The van der Waals surface area contributed by atoms with Crippen LogP contribution in [0.25, 0.3) is 0 Å². The van der Waals surface area contributed by atoms with Crippen LogP contribution in [0, 0.1) is 17.0 Å². The van der Waals surface area contributed by atoms with Gasteiger partial charge >= 0.3 is 5.69 Å². The number of nitrogens with zero attached hydrogens (tertiary/aromatic N) is 3. The van der Waals surface area contributed by atoms with E-state index in [2.05, 4.69) is 24.3 Å². The van der Waals surface area contributed by atoms with Gasteiger partial charge in [-0.2, -0.15) is 5.10 Å². The van der Waals surface area contributed by atoms with Crippen molar-refractivity contribution in [1.82, 2.24) is 9.78 Å². The molecule has 1 N–H and O–H groups in total. The van der Waals surface area contributed by atoms with Gasteiger partial charge in [0.1, 0.15) is 5.69 Å². The Balaban J connectivity index is 2.83. The van der Waals surface area contributed by atoms with Crippen LogP contribution in [0.3, 0.4) is 0 Å². The molecule has 1 heterocycles. The summed E-state index contributed by atoms with van der Waals surface area (Å²) in [6.07, 6.45) is 4.52. The topological polar surface area (TPSA) is 73.0 Å². The molecule has 0 spiro atoms. The van der Waals surface area contributed by atoms with Crippen molar-refractivity contribution >= 4 is 11.5 Å². The van der Waals surface area contributed by atoms with Crippen molar-refractivity contribution in [2.45, 2.75) is 66.0 Å². The summed E-state index contributed by atoms with van der Waals surface area (Å²) in [7, 11) is 0. The normalized spacial score (nSPS) is 12.4. The van der Waals surface area contributed by atoms with Gasteiger partial charge in [0.25, 0.3) is 0 Å². The first kappa shape index (κ1) is 15.5. The van der Waals surface area contributed by atoms with Crippen LogP contribution in [0.2, 0.25) is 0 Å². The fourth-order valence-electron chi connectivity index (χ4n) is 2.17. The minimum Gasteiger partial charge on any atom is -0.362 e. The number of aromatic nitrogens is 2. The number of hydrogen-bond donors (Lipinski definition) is 1. The van der Waals surface area contributed by atoms with Crippen LogP contribution >= 0.6 is 0 Å². The number of rotatable bonds is 8. The van der Waals surface area contributed by atoms with Crippen LogP contribution in [0.4, 0.5) is 11.5 Å². The van der Waals surface area contributed by atoms with Gasteiger partial charge < -0.3 is 5.32 Å². The number of hydrogen-bond acceptors (Lipinski definition) is 4. The second-order valence-corrected chi connectivity index (χ2v) is 4.90. The average molecular weight is 268 g/mol. The molecule has 6 nitrogen and oxygen atoms in total. The first-order valence-corrected chi connectivity index (χ1v) is 6.99. The van der Waals surface area contributed by atoms with Crippen LogP contribution in [0.1, 0.15) is 52.1 Å². The summed E-state index contributed by atoms with van der Waals surface area (Å²) in [5.41, 5.74) is 0.569. The Morgan fingerprint density at radius 3 is 2.63 bits per heavy atom. The van der Waals surface area contributed by atoms with Gasteiger partial charge in [0.2, 0.25) is 5.82 Å². The van der Waals surface area contributed by atoms with Crippen molar-refractivity contribution in [3.05, 3.63) is 15.8 Å². The van der Waals surface area contributed by atoms with E-state index in [1.807, 2.05) is 6.92 Å². The third-order valence-corrected chi connectivity index (χ3v) is 3.20. The van der Waals surface area contributed by atoms with E-state index < -0.39 is 0 Å². The molecule has 108 valence electrons. The molecule has 0 bridgehead atoms. The largest absolute Gasteiger partial charge is 0.362 e. The average Bonchev–Trinajstić information content (AvgIpc) is 2.65. The van der Waals surface area contributed by atoms with E-state index in [1.165, 1.54) is 12.8 Å². The predicted molar refractivity (Wildman–Crippen MR) is 76.5 cm³/mol. The van der Waals surface area contributed by atoms with E-state index in [4.69, 9.17) is 0 Å². The smallest absolute Gasteiger partial charge is 0.333 e. The number of unbranched alkanes of at least 4 members (excludes halogenated alkanes) is 2. The number of nitro groups is 1. The molecule has 1 unspecified atom stereocenters. The predicted octanol–water partition coefficient (Wildman–Crippen LogP) is 3.50. The zero-order valence-corrected chi connectivity index (χ0v) is 12.3. The molecule has 0 aliphatic rings. The van der Waals surface area contributed by atoms with Gasteiger partial charge in [0.15, 0.2) is 0 Å². The van der Waals surface area contributed by atoms with E-state index >= 15 is 0 Å². The molecular weight excluding hydrogens is 244 g/mol. The van der Waals surface area contributed by atoms with Crippen LogP contribution in [0.5, 0.6) is 0 Å². The first-order valence-electron chi connectivity index (χ1n) is 6.99. The zero-order valence-electron chi connectivity index (χ0n) is 12.3. The lowest BCUT2D eigenvalue weighted by molar-refractivity contribution is -0.384. The van der Waals surface area contributed by atoms with Gasteiger partial charge in [-0.15, -0.1) is 0 Å². The molecule has 1 rings (SSSR count). The molecule has 0 aromatic carbocycles. The summed E-state index contributed by atoms with van der Waals surface area (Å²) >= 11 is 0. The summed E-state index contributed by atoms with van der Waals surface area (Å²) in [5, 5.41) is 18.6. The van der Waals surface area contributed by atoms with Crippen LogP contribution in [-0.4, -0.2) is 20.7 Å². The maximum atomic E-state index is 11.1. The standard InChI is InChI=1S/C13H24N4O2/c1-5-7-8-9-10(3)14-13-12(17(18)19)11(4)15-16(13)6-2/h10,14H,5-9H2,1-4H3. The maximum absolute atomic E-state index is 11.1. The Bertz CT molecular complexity index is 429. The molecule has 0 amide bonds. The summed E-state index contributed by atoms with van der Waals surface area (Å²) in [6.45, 7) is 8.46. The lowest BCUT2D eigenvalue weighted by atomic mass is 10.1. The summed E-state index contributed by atoms with van der Waals surface area (Å²) < 4.78 is 1.67. The van der Waals surface area contributed by atoms with Crippen molar-refractivity contribution in [2.24, 2.45) is 0 Å². The molecule has 1 aromatic rings. The van der Waals surface area contributed by atoms with E-state index in [9.17, 15) is 10.1 Å². The molecule has 0 saturated carbocycles. The Kier molecular flexibility index (Phi) is 5.79. The van der Waals surface area contributed by atoms with Gasteiger partial charge in [-0.05, 0) is 27.2 Å². The van der Waals surface area contributed by atoms with Crippen LogP contribution in [0.15, 0.2) is 0 Å².